The van der Waals surface area contributed by atoms with Crippen molar-refractivity contribution in [3.63, 3.8) is 0 Å². The Balaban J connectivity index is 3.03. The van der Waals surface area contributed by atoms with E-state index in [1.807, 2.05) is 6.92 Å². The lowest BCUT2D eigenvalue weighted by atomic mass is 10.5. The van der Waals surface area contributed by atoms with E-state index in [0.29, 0.717) is 13.2 Å². The fourth-order valence-corrected chi connectivity index (χ4v) is 0.713. The van der Waals surface area contributed by atoms with Crippen LogP contribution in [0.5, 0.6) is 0 Å². The smallest absolute Gasteiger partial charge is 0.407 e. The van der Waals surface area contributed by atoms with Crippen molar-refractivity contribution in [1.82, 2.24) is 10.6 Å². The molecule has 0 unspecified atom stereocenters. The lowest BCUT2D eigenvalue weighted by molar-refractivity contribution is 0.147. The van der Waals surface area contributed by atoms with Crippen LogP contribution in [0.4, 0.5) is 4.79 Å². The van der Waals surface area contributed by atoms with Crippen LogP contribution in [0, 0.1) is 0 Å². The maximum Gasteiger partial charge on any atom is 0.407 e. The van der Waals surface area contributed by atoms with Crippen molar-refractivity contribution in [2.75, 3.05) is 26.2 Å². The summed E-state index contributed by atoms with van der Waals surface area (Å²) >= 11 is 0. The molecule has 0 aromatic rings. The summed E-state index contributed by atoms with van der Waals surface area (Å²) in [6.07, 6.45) is 0.761. The second-order valence-corrected chi connectivity index (χ2v) is 2.42. The Hall–Kier alpha value is -0.770. The molecule has 4 nitrogen and oxygen atoms in total. The normalized spacial score (nSPS) is 9.50. The van der Waals surface area contributed by atoms with Crippen molar-refractivity contribution in [2.45, 2.75) is 20.3 Å². The topological polar surface area (TPSA) is 50.4 Å². The van der Waals surface area contributed by atoms with E-state index < -0.39 is 0 Å². The quantitative estimate of drug-likeness (QED) is 0.584. The van der Waals surface area contributed by atoms with Gasteiger partial charge in [0.05, 0.1) is 0 Å². The molecule has 0 radical (unpaired) electrons. The van der Waals surface area contributed by atoms with Crippen molar-refractivity contribution < 1.29 is 9.53 Å². The number of alkyl carbamates (subject to hydrolysis) is 1. The number of ether oxygens (including phenoxy) is 1. The summed E-state index contributed by atoms with van der Waals surface area (Å²) in [7, 11) is 0. The average molecular weight is 174 g/mol. The second kappa shape index (κ2) is 8.33. The van der Waals surface area contributed by atoms with Gasteiger partial charge in [0, 0.05) is 13.1 Å². The summed E-state index contributed by atoms with van der Waals surface area (Å²) in [5.74, 6) is 0. The third kappa shape index (κ3) is 7.34. The Bertz CT molecular complexity index is 118. The largest absolute Gasteiger partial charge is 0.448 e. The van der Waals surface area contributed by atoms with Crippen LogP contribution in [0.15, 0.2) is 0 Å². The van der Waals surface area contributed by atoms with E-state index in [2.05, 4.69) is 17.6 Å². The summed E-state index contributed by atoms with van der Waals surface area (Å²) in [5, 5.41) is 5.68. The van der Waals surface area contributed by atoms with E-state index in [9.17, 15) is 4.79 Å². The van der Waals surface area contributed by atoms with Crippen LogP contribution in [0.1, 0.15) is 20.3 Å². The standard InChI is InChI=1S/C8H18N2O2/c1-3-5-9-6-7-12-8(11)10-4-2/h9H,3-7H2,1-2H3,(H,10,11). The zero-order chi connectivity index (χ0) is 9.23. The van der Waals surface area contributed by atoms with E-state index in [0.717, 1.165) is 19.5 Å². The van der Waals surface area contributed by atoms with Crippen LogP contribution in [0.25, 0.3) is 0 Å². The van der Waals surface area contributed by atoms with Crippen LogP contribution in [-0.4, -0.2) is 32.3 Å². The highest BCUT2D eigenvalue weighted by atomic mass is 16.5. The van der Waals surface area contributed by atoms with Crippen LogP contribution >= 0.6 is 0 Å². The minimum atomic E-state index is -0.337. The third-order valence-corrected chi connectivity index (χ3v) is 1.26. The molecule has 72 valence electrons. The van der Waals surface area contributed by atoms with Crippen LogP contribution in [-0.2, 0) is 4.74 Å². The molecular formula is C8H18N2O2. The Kier molecular flexibility index (Phi) is 7.79. The zero-order valence-corrected chi connectivity index (χ0v) is 7.85. The molecule has 0 fully saturated rings. The summed E-state index contributed by atoms with van der Waals surface area (Å²) in [6.45, 7) is 6.70. The van der Waals surface area contributed by atoms with Crippen LogP contribution in [0.2, 0.25) is 0 Å². The number of hydrogen-bond donors (Lipinski definition) is 2. The summed E-state index contributed by atoms with van der Waals surface area (Å²) in [5.41, 5.74) is 0. The first kappa shape index (κ1) is 11.2. The molecule has 0 aliphatic rings. The Morgan fingerprint density at radius 2 is 2.08 bits per heavy atom. The number of carbonyl (C=O) groups excluding carboxylic acids is 1. The van der Waals surface area contributed by atoms with Gasteiger partial charge < -0.3 is 15.4 Å². The average Bonchev–Trinajstić information content (AvgIpc) is 2.05. The van der Waals surface area contributed by atoms with Crippen molar-refractivity contribution in [3.8, 4) is 0 Å². The number of carbonyl (C=O) groups is 1. The molecule has 0 rings (SSSR count). The number of amides is 1. The summed E-state index contributed by atoms with van der Waals surface area (Å²) < 4.78 is 4.82. The first-order chi connectivity index (χ1) is 5.81. The lowest BCUT2D eigenvalue weighted by Crippen LogP contribution is -2.28. The number of hydrogen-bond acceptors (Lipinski definition) is 3. The van der Waals surface area contributed by atoms with Gasteiger partial charge in [-0.25, -0.2) is 4.79 Å². The van der Waals surface area contributed by atoms with Gasteiger partial charge in [0.25, 0.3) is 0 Å². The van der Waals surface area contributed by atoms with E-state index >= 15 is 0 Å². The van der Waals surface area contributed by atoms with Crippen molar-refractivity contribution in [2.24, 2.45) is 0 Å². The Morgan fingerprint density at radius 3 is 2.67 bits per heavy atom. The maximum absolute atomic E-state index is 10.7. The van der Waals surface area contributed by atoms with Crippen LogP contribution in [0.3, 0.4) is 0 Å². The van der Waals surface area contributed by atoms with Gasteiger partial charge in [-0.05, 0) is 19.9 Å². The van der Waals surface area contributed by atoms with Gasteiger partial charge >= 0.3 is 6.09 Å². The van der Waals surface area contributed by atoms with E-state index in [1.54, 1.807) is 0 Å². The van der Waals surface area contributed by atoms with E-state index in [4.69, 9.17) is 4.74 Å². The molecule has 0 saturated heterocycles. The highest BCUT2D eigenvalue weighted by Gasteiger charge is 1.96. The van der Waals surface area contributed by atoms with Gasteiger partial charge in [-0.3, -0.25) is 0 Å². The molecule has 0 aliphatic carbocycles. The molecule has 0 saturated carbocycles. The van der Waals surface area contributed by atoms with Gasteiger partial charge in [-0.1, -0.05) is 6.92 Å². The zero-order valence-electron chi connectivity index (χ0n) is 7.85. The third-order valence-electron chi connectivity index (χ3n) is 1.26. The minimum absolute atomic E-state index is 0.337. The van der Waals surface area contributed by atoms with Gasteiger partial charge in [0.1, 0.15) is 6.61 Å². The Labute approximate surface area is 73.7 Å². The van der Waals surface area contributed by atoms with E-state index in [-0.39, 0.29) is 6.09 Å². The molecule has 0 aliphatic heterocycles. The monoisotopic (exact) mass is 174 g/mol. The van der Waals surface area contributed by atoms with Crippen molar-refractivity contribution in [1.29, 1.82) is 0 Å². The molecule has 2 N–H and O–H groups in total. The molecule has 4 heteroatoms. The lowest BCUT2D eigenvalue weighted by Gasteiger charge is -2.05. The predicted molar refractivity (Wildman–Crippen MR) is 48.2 cm³/mol. The molecule has 12 heavy (non-hydrogen) atoms. The van der Waals surface area contributed by atoms with E-state index in [1.165, 1.54) is 0 Å². The summed E-state index contributed by atoms with van der Waals surface area (Å²) in [6, 6.07) is 0. The first-order valence-corrected chi connectivity index (χ1v) is 4.42. The molecule has 0 aromatic heterocycles. The molecular weight excluding hydrogens is 156 g/mol. The maximum atomic E-state index is 10.7. The van der Waals surface area contributed by atoms with Gasteiger partial charge in [-0.15, -0.1) is 0 Å². The molecule has 0 bridgehead atoms. The fourth-order valence-electron chi connectivity index (χ4n) is 0.713. The number of rotatable bonds is 6. The highest BCUT2D eigenvalue weighted by molar-refractivity contribution is 5.66. The summed E-state index contributed by atoms with van der Waals surface area (Å²) in [4.78, 5) is 10.7. The first-order valence-electron chi connectivity index (χ1n) is 4.42. The second-order valence-electron chi connectivity index (χ2n) is 2.42. The SMILES string of the molecule is CCCNCCOC(=O)NCC. The van der Waals surface area contributed by atoms with Gasteiger partial charge in [0.2, 0.25) is 0 Å². The minimum Gasteiger partial charge on any atom is -0.448 e. The van der Waals surface area contributed by atoms with Gasteiger partial charge in [0.15, 0.2) is 0 Å². The molecule has 0 heterocycles. The Morgan fingerprint density at radius 1 is 1.33 bits per heavy atom. The van der Waals surface area contributed by atoms with Gasteiger partial charge in [-0.2, -0.15) is 0 Å². The molecule has 0 spiro atoms. The van der Waals surface area contributed by atoms with Crippen molar-refractivity contribution in [3.05, 3.63) is 0 Å². The highest BCUT2D eigenvalue weighted by Crippen LogP contribution is 1.76. The molecule has 0 aromatic carbocycles. The molecule has 0 atom stereocenters. The van der Waals surface area contributed by atoms with Crippen LogP contribution < -0.4 is 10.6 Å². The predicted octanol–water partition coefficient (Wildman–Crippen LogP) is 0.732. The fraction of sp³-hybridized carbons (Fsp3) is 0.875. The van der Waals surface area contributed by atoms with Crippen molar-refractivity contribution >= 4 is 6.09 Å². The number of nitrogens with one attached hydrogen (secondary N) is 2. The molecule has 1 amide bonds.